The van der Waals surface area contributed by atoms with E-state index < -0.39 is 217 Å². The van der Waals surface area contributed by atoms with E-state index in [1.165, 1.54) is 48.5 Å². The predicted octanol–water partition coefficient (Wildman–Crippen LogP) is 15.1. The Balaban J connectivity index is 1.18. The summed E-state index contributed by atoms with van der Waals surface area (Å²) in [4.78, 5) is 3.13. The van der Waals surface area contributed by atoms with Gasteiger partial charge in [0, 0.05) is 31.3 Å². The Hall–Kier alpha value is -6.52. The van der Waals surface area contributed by atoms with Crippen molar-refractivity contribution in [2.24, 2.45) is 40.9 Å². The summed E-state index contributed by atoms with van der Waals surface area (Å²) >= 11 is -7.13. The number of azo groups is 4. The van der Waals surface area contributed by atoms with E-state index in [9.17, 15) is 90.1 Å². The van der Waals surface area contributed by atoms with Crippen molar-refractivity contribution in [3.63, 3.8) is 0 Å². The van der Waals surface area contributed by atoms with E-state index >= 15 is 0 Å². The number of hydrogen-bond acceptors (Lipinski definition) is 41. The van der Waals surface area contributed by atoms with E-state index in [0.717, 1.165) is 12.1 Å². The number of nitrogens with zero attached hydrogens (tertiary/aromatic N) is 8. The minimum absolute atomic E-state index is 0.0554. The molecule has 0 bridgehead atoms. The number of aromatic hydroxyl groups is 2. The molecule has 8 rings (SSSR count). The molecule has 24 N–H and O–H groups in total. The maximum Gasteiger partial charge on any atom is 0.296 e. The second-order valence-electron chi connectivity index (χ2n) is 18.9. The van der Waals surface area contributed by atoms with Crippen LogP contribution in [-0.4, -0.2) is 144 Å². The number of nitrogens with two attached hydrogens (primary N) is 2. The van der Waals surface area contributed by atoms with Gasteiger partial charge in [-0.05, 0) is 97.1 Å². The van der Waals surface area contributed by atoms with Crippen molar-refractivity contribution >= 4 is 199 Å². The highest BCUT2D eigenvalue weighted by Gasteiger charge is 2.33. The second kappa shape index (κ2) is 30.0. The summed E-state index contributed by atoms with van der Waals surface area (Å²) < 4.78 is 276. The molecule has 0 aliphatic heterocycles. The molecule has 0 saturated carbocycles. The fourth-order valence-electron chi connectivity index (χ4n) is 8.27. The molecule has 0 fully saturated rings. The van der Waals surface area contributed by atoms with Gasteiger partial charge in [0.2, 0.25) is 22.3 Å². The highest BCUT2D eigenvalue weighted by atomic mass is 32.3. The van der Waals surface area contributed by atoms with Gasteiger partial charge in [0.25, 0.3) is 30.4 Å². The zero-order chi connectivity index (χ0) is 72.5. The minimum Gasteiger partial charge on any atom is -0.505 e. The molecule has 8 aromatic carbocycles. The summed E-state index contributed by atoms with van der Waals surface area (Å²) in [5.41, 5.74) is 6.21. The normalized spacial score (nSPS) is 14.3. The summed E-state index contributed by atoms with van der Waals surface area (Å²) in [6.07, 6.45) is 0. The SMILES string of the molecule is Nc1c(N=Nc2ccc(SOOCCOS(O)(O)O)cc2)cc(S(O)(O)O)c2cc(S(=O)(=O)O)c(N=Nc3cc(S(=O)(=O)O)c4cc(N=Nc5c(S(=O)(=O)O)cc6c(S(O)(O)O)cc(N=Nc7ccc(SOOCCOS(O)(O)O)cc7)c(N)c6c5O)cc(S(O)(O)O)c4c3)c(O)c12. The largest absolute Gasteiger partial charge is 0.505 e. The van der Waals surface area contributed by atoms with Crippen LogP contribution in [-0.2, 0) is 57.2 Å². The van der Waals surface area contributed by atoms with E-state index in [0.29, 0.717) is 70.3 Å². The molecular weight excluding hydrogens is 1530 g/mol. The minimum atomic E-state index is -5.64. The molecule has 0 unspecified atom stereocenters. The lowest BCUT2D eigenvalue weighted by molar-refractivity contribution is -0.195. The number of benzene rings is 8. The Kier molecular flexibility index (Phi) is 23.6. The molecule has 98 heavy (non-hydrogen) atoms. The molecule has 0 aromatic heterocycles. The van der Waals surface area contributed by atoms with Gasteiger partial charge in [0.1, 0.15) is 83.3 Å². The predicted molar refractivity (Wildman–Crippen MR) is 353 cm³/mol. The molecule has 0 spiro atoms. The van der Waals surface area contributed by atoms with E-state index in [1.807, 2.05) is 0 Å². The monoisotopic (exact) mass is 1570 g/mol. The van der Waals surface area contributed by atoms with Gasteiger partial charge >= 0.3 is 0 Å². The van der Waals surface area contributed by atoms with Crippen LogP contribution in [0.5, 0.6) is 11.5 Å². The van der Waals surface area contributed by atoms with E-state index in [1.54, 1.807) is 0 Å². The topological polar surface area (TPSA) is 713 Å². The van der Waals surface area contributed by atoms with Crippen LogP contribution in [0.3, 0.4) is 0 Å². The summed E-state index contributed by atoms with van der Waals surface area (Å²) in [6.45, 7) is -1.63. The molecule has 8 aromatic rings. The second-order valence-corrected chi connectivity index (χ2v) is 31.4. The molecule has 0 radical (unpaired) electrons. The van der Waals surface area contributed by atoms with Crippen LogP contribution in [0, 0.1) is 0 Å². The van der Waals surface area contributed by atoms with Crippen molar-refractivity contribution in [2.45, 2.75) is 39.2 Å². The third-order valence-electron chi connectivity index (χ3n) is 12.2. The van der Waals surface area contributed by atoms with Crippen molar-refractivity contribution in [3.8, 4) is 11.5 Å². The quantitative estimate of drug-likeness (QED) is 0.00412. The zero-order valence-electron chi connectivity index (χ0n) is 47.7. The average Bonchev–Trinajstić information content (AvgIpc) is 0.749. The van der Waals surface area contributed by atoms with Crippen LogP contribution in [0.1, 0.15) is 0 Å². The summed E-state index contributed by atoms with van der Waals surface area (Å²) in [5, 5.41) is 49.4. The number of fused-ring (bicyclic) bond motifs is 3. The van der Waals surface area contributed by atoms with Gasteiger partial charge in [0.05, 0.1) is 96.9 Å². The van der Waals surface area contributed by atoms with Crippen LogP contribution in [0.2, 0.25) is 0 Å². The Bertz CT molecular complexity index is 4880. The lowest BCUT2D eigenvalue weighted by Gasteiger charge is -2.23. The van der Waals surface area contributed by atoms with Crippen LogP contribution < -0.4 is 11.5 Å². The van der Waals surface area contributed by atoms with Crippen LogP contribution in [0.4, 0.5) is 56.9 Å². The van der Waals surface area contributed by atoms with Crippen molar-refractivity contribution in [3.05, 3.63) is 97.1 Å². The maximum atomic E-state index is 13.2. The first-order valence-corrected chi connectivity index (χ1v) is 38.4. The molecule has 52 heteroatoms. The molecule has 0 atom stereocenters. The first-order chi connectivity index (χ1) is 45.3. The fourth-order valence-corrected chi connectivity index (χ4v) is 14.0. The Morgan fingerprint density at radius 2 is 0.663 bits per heavy atom. The number of phenols is 2. The summed E-state index contributed by atoms with van der Waals surface area (Å²) in [5.74, 6) is -2.76. The average molecular weight is 1570 g/mol. The van der Waals surface area contributed by atoms with Gasteiger partial charge in [-0.1, -0.05) is 0 Å². The number of nitrogen functional groups attached to an aromatic ring is 2. The van der Waals surface area contributed by atoms with Gasteiger partial charge in [-0.3, -0.25) is 49.3 Å². The highest BCUT2D eigenvalue weighted by molar-refractivity contribution is 8.20. The van der Waals surface area contributed by atoms with Gasteiger partial charge in [-0.15, -0.1) is 20.5 Å². The lowest BCUT2D eigenvalue weighted by Crippen LogP contribution is -2.07. The Labute approximate surface area is 565 Å². The molecule has 0 aliphatic rings. The first-order valence-electron chi connectivity index (χ1n) is 25.2. The molecule has 0 saturated heterocycles. The summed E-state index contributed by atoms with van der Waals surface area (Å²) in [7, 11) is -32.0. The Morgan fingerprint density at radius 1 is 0.347 bits per heavy atom. The molecule has 0 aliphatic carbocycles. The van der Waals surface area contributed by atoms with Crippen molar-refractivity contribution < 1.29 is 144 Å². The number of rotatable bonds is 28. The van der Waals surface area contributed by atoms with Gasteiger partial charge in [-0.25, -0.2) is 9.78 Å². The highest BCUT2D eigenvalue weighted by Crippen LogP contribution is 2.58. The molecule has 0 heterocycles. The molecule has 0 amide bonds. The third kappa shape index (κ3) is 19.5. The number of anilines is 2. The van der Waals surface area contributed by atoms with Gasteiger partial charge < -0.3 is 62.7 Å². The number of hydrogen-bond donors (Lipinski definition) is 22. The first kappa shape index (κ1) is 77.2. The van der Waals surface area contributed by atoms with E-state index in [-0.39, 0.29) is 24.6 Å². The molecule has 42 nitrogen and oxygen atoms in total. The number of phenolic OH excluding ortho intramolecular Hbond substituents is 2. The van der Waals surface area contributed by atoms with Crippen molar-refractivity contribution in [1.82, 2.24) is 0 Å². The van der Waals surface area contributed by atoms with E-state index in [4.69, 9.17) is 57.2 Å². The standard InChI is InChI=1S/C46H48N10O32S10/c47-41-31(53-49-21-1-5-25(6-2-21)89-87-83-9-11-85-97(77,78)79)19-35(93(65,66)67)29-17-37(95(71,72)73)43(45(57)39(29)41)55-51-23-13-27-28(33(15-23)91(59,60)61)14-24(16-34(27)92(62,63)64)52-56-44-38(96(74,75)76)18-30-36(94(68,69)70)20-32(42(48)40(30)46(44)58)54-50-22-3-7-26(8-4-22)90-88-84-10-12-86-98(80,81)82/h1-8,13-20,57-61,65-70,77-82H,9-12,47-48H2,(H,62,63,64)(H,71,72,73)(H,74,75,76). The lowest BCUT2D eigenvalue weighted by atomic mass is 10.0. The Morgan fingerprint density at radius 3 is 0.990 bits per heavy atom. The smallest absolute Gasteiger partial charge is 0.296 e. The van der Waals surface area contributed by atoms with Gasteiger partial charge in [-0.2, -0.15) is 54.4 Å². The molecular formula is C46H48N10O32S10. The molecule has 534 valence electrons. The maximum absolute atomic E-state index is 13.2. The summed E-state index contributed by atoms with van der Waals surface area (Å²) in [6, 6.07) is 15.8. The van der Waals surface area contributed by atoms with Crippen LogP contribution in [0.15, 0.2) is 177 Å². The van der Waals surface area contributed by atoms with Gasteiger partial charge in [0.15, 0.2) is 11.5 Å². The zero-order valence-corrected chi connectivity index (χ0v) is 55.9. The van der Waals surface area contributed by atoms with Crippen molar-refractivity contribution in [2.75, 3.05) is 37.9 Å². The third-order valence-corrected chi connectivity index (χ3v) is 19.9. The van der Waals surface area contributed by atoms with Crippen LogP contribution in [0.25, 0.3) is 32.3 Å². The van der Waals surface area contributed by atoms with E-state index in [2.05, 4.69) is 49.3 Å². The van der Waals surface area contributed by atoms with Crippen molar-refractivity contribution in [1.29, 1.82) is 0 Å². The fraction of sp³-hybridized carbons (Fsp3) is 0.0870. The van der Waals surface area contributed by atoms with Crippen LogP contribution >= 0.6 is 79.0 Å².